The summed E-state index contributed by atoms with van der Waals surface area (Å²) in [6, 6.07) is 11.4. The number of likely N-dealkylation sites (N-methyl/N-ethyl adjacent to an activating group) is 1. The average molecular weight is 457 g/mol. The molecule has 0 spiro atoms. The lowest BCUT2D eigenvalue weighted by Crippen LogP contribution is -2.43. The number of benzene rings is 2. The van der Waals surface area contributed by atoms with Crippen molar-refractivity contribution >= 4 is 11.8 Å². The van der Waals surface area contributed by atoms with Gasteiger partial charge in [0.2, 0.25) is 5.75 Å². The van der Waals surface area contributed by atoms with Crippen molar-refractivity contribution in [2.24, 2.45) is 5.73 Å². The van der Waals surface area contributed by atoms with E-state index in [1.54, 1.807) is 0 Å². The predicted octanol–water partition coefficient (Wildman–Crippen LogP) is 1.25. The van der Waals surface area contributed by atoms with Gasteiger partial charge in [-0.2, -0.15) is 0 Å². The fraction of sp³-hybridized carbons (Fsp3) is 0.417. The molecule has 9 nitrogen and oxygen atoms in total. The van der Waals surface area contributed by atoms with E-state index >= 15 is 0 Å². The van der Waals surface area contributed by atoms with Crippen LogP contribution in [0.15, 0.2) is 36.4 Å². The second-order valence-electron chi connectivity index (χ2n) is 8.04. The topological polar surface area (TPSA) is 106 Å². The molecule has 178 valence electrons. The number of carbonyl (C=O) groups excluding carboxylic acids is 2. The summed E-state index contributed by atoms with van der Waals surface area (Å²) in [6.07, 6.45) is 0. The van der Waals surface area contributed by atoms with Gasteiger partial charge < -0.3 is 30.2 Å². The largest absolute Gasteiger partial charge is 0.493 e. The zero-order chi connectivity index (χ0) is 23.8. The summed E-state index contributed by atoms with van der Waals surface area (Å²) in [5.41, 5.74) is 7.76. The van der Waals surface area contributed by atoms with Crippen molar-refractivity contribution in [3.05, 3.63) is 53.1 Å². The van der Waals surface area contributed by atoms with Crippen LogP contribution in [-0.4, -0.2) is 75.7 Å². The Bertz CT molecular complexity index is 931. The second-order valence-corrected chi connectivity index (χ2v) is 8.04. The number of amides is 2. The molecule has 0 atom stereocenters. The first kappa shape index (κ1) is 24.3. The first-order chi connectivity index (χ1) is 15.9. The standard InChI is InChI=1S/C24H32N4O5/c1-27-8-10-28(11-9-27)15-18-6-4-17(5-7-18)14-26-24(30)19-12-20(31-2)23(21(13-19)32-3)33-16-22(25)29/h4-7,12-13H,8-11,14-16H2,1-3H3,(H2,25,29)(H,26,30). The number of nitrogens with one attached hydrogen (secondary N) is 1. The first-order valence-corrected chi connectivity index (χ1v) is 10.8. The SMILES string of the molecule is COc1cc(C(=O)NCc2ccc(CN3CCN(C)CC3)cc2)cc(OC)c1OCC(N)=O. The molecule has 3 N–H and O–H groups in total. The van der Waals surface area contributed by atoms with Crippen molar-refractivity contribution in [3.8, 4) is 17.2 Å². The van der Waals surface area contributed by atoms with Gasteiger partial charge in [0.15, 0.2) is 18.1 Å². The summed E-state index contributed by atoms with van der Waals surface area (Å²) in [5, 5.41) is 2.91. The normalized spacial score (nSPS) is 14.5. The molecule has 1 heterocycles. The van der Waals surface area contributed by atoms with Crippen molar-refractivity contribution in [1.82, 2.24) is 15.1 Å². The zero-order valence-corrected chi connectivity index (χ0v) is 19.4. The Balaban J connectivity index is 1.60. The molecular formula is C24H32N4O5. The Labute approximate surface area is 194 Å². The number of primary amides is 1. The minimum absolute atomic E-state index is 0.214. The molecule has 1 aliphatic heterocycles. The van der Waals surface area contributed by atoms with Gasteiger partial charge in [-0.15, -0.1) is 0 Å². The summed E-state index contributed by atoms with van der Waals surface area (Å²) in [4.78, 5) is 28.6. The van der Waals surface area contributed by atoms with Crippen molar-refractivity contribution < 1.29 is 23.8 Å². The van der Waals surface area contributed by atoms with Gasteiger partial charge in [0.1, 0.15) is 0 Å². The highest BCUT2D eigenvalue weighted by molar-refractivity contribution is 5.95. The van der Waals surface area contributed by atoms with Crippen LogP contribution in [-0.2, 0) is 17.9 Å². The van der Waals surface area contributed by atoms with Gasteiger partial charge in [0, 0.05) is 44.8 Å². The maximum absolute atomic E-state index is 12.7. The molecule has 1 aliphatic rings. The summed E-state index contributed by atoms with van der Waals surface area (Å²) < 4.78 is 16.0. The Morgan fingerprint density at radius 2 is 1.55 bits per heavy atom. The van der Waals surface area contributed by atoms with E-state index in [4.69, 9.17) is 19.9 Å². The Hall–Kier alpha value is -3.30. The van der Waals surface area contributed by atoms with Crippen molar-refractivity contribution in [3.63, 3.8) is 0 Å². The Morgan fingerprint density at radius 3 is 2.09 bits per heavy atom. The smallest absolute Gasteiger partial charge is 0.255 e. The van der Waals surface area contributed by atoms with Gasteiger partial charge in [0.25, 0.3) is 11.8 Å². The van der Waals surface area contributed by atoms with Gasteiger partial charge in [-0.3, -0.25) is 14.5 Å². The van der Waals surface area contributed by atoms with Crippen molar-refractivity contribution in [2.45, 2.75) is 13.1 Å². The van der Waals surface area contributed by atoms with Crippen LogP contribution in [0.25, 0.3) is 0 Å². The number of carbonyl (C=O) groups is 2. The molecule has 2 aromatic rings. The minimum atomic E-state index is -0.629. The van der Waals surface area contributed by atoms with E-state index in [1.807, 2.05) is 12.1 Å². The van der Waals surface area contributed by atoms with Crippen LogP contribution >= 0.6 is 0 Å². The molecule has 33 heavy (non-hydrogen) atoms. The van der Waals surface area contributed by atoms with E-state index in [9.17, 15) is 9.59 Å². The Morgan fingerprint density at radius 1 is 0.970 bits per heavy atom. The van der Waals surface area contributed by atoms with Crippen LogP contribution in [0.2, 0.25) is 0 Å². The molecule has 9 heteroatoms. The number of methoxy groups -OCH3 is 2. The van der Waals surface area contributed by atoms with Gasteiger partial charge in [-0.1, -0.05) is 24.3 Å². The van der Waals surface area contributed by atoms with Crippen molar-refractivity contribution in [1.29, 1.82) is 0 Å². The number of piperazine rings is 1. The van der Waals surface area contributed by atoms with Crippen LogP contribution in [0.3, 0.4) is 0 Å². The van der Waals surface area contributed by atoms with E-state index in [1.165, 1.54) is 31.9 Å². The van der Waals surface area contributed by atoms with Crippen LogP contribution in [0.4, 0.5) is 0 Å². The molecule has 0 bridgehead atoms. The maximum Gasteiger partial charge on any atom is 0.255 e. The molecule has 0 radical (unpaired) electrons. The third kappa shape index (κ3) is 6.84. The third-order valence-electron chi connectivity index (χ3n) is 5.56. The Kier molecular flexibility index (Phi) is 8.51. The molecule has 1 fully saturated rings. The minimum Gasteiger partial charge on any atom is -0.493 e. The van der Waals surface area contributed by atoms with E-state index in [-0.39, 0.29) is 29.8 Å². The van der Waals surface area contributed by atoms with E-state index in [2.05, 4.69) is 34.3 Å². The monoisotopic (exact) mass is 456 g/mol. The van der Waals surface area contributed by atoms with Crippen LogP contribution in [0.1, 0.15) is 21.5 Å². The molecule has 1 saturated heterocycles. The number of hydrogen-bond donors (Lipinski definition) is 2. The zero-order valence-electron chi connectivity index (χ0n) is 19.4. The summed E-state index contributed by atoms with van der Waals surface area (Å²) in [5.74, 6) is -0.153. The highest BCUT2D eigenvalue weighted by atomic mass is 16.5. The average Bonchev–Trinajstić information content (AvgIpc) is 2.82. The number of rotatable bonds is 10. The molecule has 3 rings (SSSR count). The molecular weight excluding hydrogens is 424 g/mol. The summed E-state index contributed by atoms with van der Waals surface area (Å²) >= 11 is 0. The maximum atomic E-state index is 12.7. The third-order valence-corrected chi connectivity index (χ3v) is 5.56. The predicted molar refractivity (Wildman–Crippen MR) is 125 cm³/mol. The number of hydrogen-bond acceptors (Lipinski definition) is 7. The number of nitrogens with two attached hydrogens (primary N) is 1. The molecule has 0 aliphatic carbocycles. The fourth-order valence-electron chi connectivity index (χ4n) is 3.61. The molecule has 0 saturated carbocycles. The van der Waals surface area contributed by atoms with Gasteiger partial charge >= 0.3 is 0 Å². The second kappa shape index (κ2) is 11.5. The lowest BCUT2D eigenvalue weighted by atomic mass is 10.1. The molecule has 2 amide bonds. The highest BCUT2D eigenvalue weighted by Crippen LogP contribution is 2.38. The van der Waals surface area contributed by atoms with Crippen molar-refractivity contribution in [2.75, 3.05) is 54.1 Å². The lowest BCUT2D eigenvalue weighted by Gasteiger charge is -2.32. The van der Waals surface area contributed by atoms with Gasteiger partial charge in [-0.05, 0) is 30.3 Å². The number of nitrogens with zero attached hydrogens (tertiary/aromatic N) is 2. The first-order valence-electron chi connectivity index (χ1n) is 10.8. The van der Waals surface area contributed by atoms with Gasteiger partial charge in [-0.25, -0.2) is 0 Å². The molecule has 0 aromatic heterocycles. The molecule has 2 aromatic carbocycles. The molecule has 0 unspecified atom stereocenters. The lowest BCUT2D eigenvalue weighted by molar-refractivity contribution is -0.120. The summed E-state index contributed by atoms with van der Waals surface area (Å²) in [7, 11) is 5.04. The van der Waals surface area contributed by atoms with E-state index in [0.29, 0.717) is 12.1 Å². The summed E-state index contributed by atoms with van der Waals surface area (Å²) in [6.45, 7) is 5.34. The van der Waals surface area contributed by atoms with Crippen LogP contribution in [0.5, 0.6) is 17.2 Å². The highest BCUT2D eigenvalue weighted by Gasteiger charge is 2.18. The fourth-order valence-corrected chi connectivity index (χ4v) is 3.61. The van der Waals surface area contributed by atoms with E-state index in [0.717, 1.165) is 38.3 Å². The van der Waals surface area contributed by atoms with Crippen LogP contribution in [0, 0.1) is 0 Å². The van der Waals surface area contributed by atoms with E-state index < -0.39 is 5.91 Å². The van der Waals surface area contributed by atoms with Crippen LogP contribution < -0.4 is 25.3 Å². The van der Waals surface area contributed by atoms with Gasteiger partial charge in [0.05, 0.1) is 14.2 Å². The number of ether oxygens (including phenoxy) is 3. The quantitative estimate of drug-likeness (QED) is 0.554.